The molecule has 2 N–H and O–H groups in total. The van der Waals surface area contributed by atoms with Crippen molar-refractivity contribution in [3.05, 3.63) is 72.1 Å². The van der Waals surface area contributed by atoms with E-state index in [9.17, 15) is 8.42 Å². The van der Waals surface area contributed by atoms with Crippen LogP contribution in [0.25, 0.3) is 0 Å². The minimum absolute atomic E-state index is 0.0527. The minimum atomic E-state index is -3.66. The number of nitrogens with one attached hydrogen (secondary N) is 2. The van der Waals surface area contributed by atoms with Crippen LogP contribution in [0.1, 0.15) is 11.4 Å². The number of H-pyrrole nitrogens is 1. The van der Waals surface area contributed by atoms with Gasteiger partial charge in [-0.15, -0.1) is 5.10 Å². The van der Waals surface area contributed by atoms with E-state index in [1.807, 2.05) is 30.3 Å². The van der Waals surface area contributed by atoms with Gasteiger partial charge in [-0.25, -0.2) is 13.1 Å². The third kappa shape index (κ3) is 3.95. The number of aromatic nitrogens is 3. The fourth-order valence-electron chi connectivity index (χ4n) is 2.14. The van der Waals surface area contributed by atoms with E-state index < -0.39 is 10.0 Å². The lowest BCUT2D eigenvalue weighted by Gasteiger charge is -2.03. The van der Waals surface area contributed by atoms with Crippen LogP contribution in [0.15, 0.2) is 65.6 Å². The van der Waals surface area contributed by atoms with E-state index in [0.717, 1.165) is 6.42 Å². The number of sulfonamides is 1. The summed E-state index contributed by atoms with van der Waals surface area (Å²) in [5, 5.41) is 6.67. The van der Waals surface area contributed by atoms with Crippen molar-refractivity contribution in [2.24, 2.45) is 0 Å². The first kappa shape index (κ1) is 15.2. The molecule has 7 heteroatoms. The number of hydrogen-bond donors (Lipinski definition) is 2. The Kier molecular flexibility index (Phi) is 4.38. The van der Waals surface area contributed by atoms with Crippen LogP contribution in [0.5, 0.6) is 0 Å². The van der Waals surface area contributed by atoms with Gasteiger partial charge in [-0.1, -0.05) is 48.5 Å². The maximum absolute atomic E-state index is 12.2. The topological polar surface area (TPSA) is 87.7 Å². The molecule has 6 nitrogen and oxygen atoms in total. The second-order valence-corrected chi connectivity index (χ2v) is 6.69. The van der Waals surface area contributed by atoms with Crippen LogP contribution in [0.2, 0.25) is 0 Å². The molecule has 0 aliphatic rings. The fraction of sp³-hybridized carbons (Fsp3) is 0.125. The van der Waals surface area contributed by atoms with Gasteiger partial charge >= 0.3 is 0 Å². The van der Waals surface area contributed by atoms with Crippen LogP contribution in [0.3, 0.4) is 0 Å². The predicted molar refractivity (Wildman–Crippen MR) is 87.5 cm³/mol. The molecule has 2 aromatic carbocycles. The second kappa shape index (κ2) is 6.62. The Morgan fingerprint density at radius 2 is 1.57 bits per heavy atom. The van der Waals surface area contributed by atoms with E-state index in [2.05, 4.69) is 19.9 Å². The quantitative estimate of drug-likeness (QED) is 0.727. The first-order valence-electron chi connectivity index (χ1n) is 7.16. The van der Waals surface area contributed by atoms with Crippen molar-refractivity contribution in [2.75, 3.05) is 4.72 Å². The van der Waals surface area contributed by atoms with Gasteiger partial charge in [0.2, 0.25) is 0 Å². The molecular weight excluding hydrogens is 312 g/mol. The molecule has 3 rings (SSSR count). The highest BCUT2D eigenvalue weighted by Crippen LogP contribution is 2.12. The second-order valence-electron chi connectivity index (χ2n) is 5.01. The number of benzene rings is 2. The number of nitrogens with zero attached hydrogens (tertiary/aromatic N) is 2. The molecule has 0 saturated heterocycles. The molecule has 0 atom stereocenters. The van der Waals surface area contributed by atoms with Gasteiger partial charge in [0.1, 0.15) is 5.82 Å². The lowest BCUT2D eigenvalue weighted by molar-refractivity contribution is 0.601. The molecule has 0 radical (unpaired) electrons. The maximum atomic E-state index is 12.2. The van der Waals surface area contributed by atoms with Gasteiger partial charge in [0.25, 0.3) is 16.0 Å². The van der Waals surface area contributed by atoms with Gasteiger partial charge in [-0.2, -0.15) is 4.98 Å². The molecule has 0 bridgehead atoms. The van der Waals surface area contributed by atoms with Crippen molar-refractivity contribution in [2.45, 2.75) is 17.7 Å². The molecule has 1 heterocycles. The van der Waals surface area contributed by atoms with Crippen LogP contribution >= 0.6 is 0 Å². The van der Waals surface area contributed by atoms with E-state index in [1.54, 1.807) is 18.2 Å². The highest BCUT2D eigenvalue weighted by Gasteiger charge is 2.16. The molecule has 23 heavy (non-hydrogen) atoms. The van der Waals surface area contributed by atoms with Crippen LogP contribution in [0.4, 0.5) is 5.95 Å². The molecule has 118 valence electrons. The van der Waals surface area contributed by atoms with Crippen molar-refractivity contribution in [3.8, 4) is 0 Å². The summed E-state index contributed by atoms with van der Waals surface area (Å²) in [5.74, 6) is 0.691. The predicted octanol–water partition coefficient (Wildman–Crippen LogP) is 2.39. The lowest BCUT2D eigenvalue weighted by atomic mass is 10.1. The van der Waals surface area contributed by atoms with Crippen LogP contribution < -0.4 is 4.72 Å². The molecule has 0 saturated carbocycles. The Balaban J connectivity index is 1.65. The van der Waals surface area contributed by atoms with E-state index in [-0.39, 0.29) is 10.8 Å². The van der Waals surface area contributed by atoms with Gasteiger partial charge in [0, 0.05) is 6.42 Å². The molecule has 0 aliphatic carbocycles. The number of rotatable bonds is 6. The van der Waals surface area contributed by atoms with Crippen molar-refractivity contribution in [1.82, 2.24) is 15.2 Å². The zero-order valence-electron chi connectivity index (χ0n) is 12.3. The summed E-state index contributed by atoms with van der Waals surface area (Å²) in [6.45, 7) is 0. The summed E-state index contributed by atoms with van der Waals surface area (Å²) in [4.78, 5) is 4.36. The Bertz CT molecular complexity index is 861. The zero-order chi connectivity index (χ0) is 16.1. The van der Waals surface area contributed by atoms with Crippen molar-refractivity contribution in [3.63, 3.8) is 0 Å². The minimum Gasteiger partial charge on any atom is -0.261 e. The Labute approximate surface area is 134 Å². The highest BCUT2D eigenvalue weighted by molar-refractivity contribution is 7.92. The SMILES string of the molecule is O=S(=O)(Nc1n[nH]c(CCc2ccccc2)n1)c1ccccc1. The fourth-order valence-corrected chi connectivity index (χ4v) is 3.10. The van der Waals surface area contributed by atoms with Crippen molar-refractivity contribution in [1.29, 1.82) is 0 Å². The van der Waals surface area contributed by atoms with Crippen molar-refractivity contribution < 1.29 is 8.42 Å². The molecule has 3 aromatic rings. The summed E-state index contributed by atoms with van der Waals surface area (Å²) in [7, 11) is -3.66. The largest absolute Gasteiger partial charge is 0.264 e. The van der Waals surface area contributed by atoms with Crippen LogP contribution in [-0.2, 0) is 22.9 Å². The Morgan fingerprint density at radius 3 is 2.26 bits per heavy atom. The van der Waals surface area contributed by atoms with E-state index in [4.69, 9.17) is 0 Å². The van der Waals surface area contributed by atoms with E-state index in [0.29, 0.717) is 12.2 Å². The summed E-state index contributed by atoms with van der Waals surface area (Å²) >= 11 is 0. The summed E-state index contributed by atoms with van der Waals surface area (Å²) in [6.07, 6.45) is 1.46. The molecule has 0 amide bonds. The summed E-state index contributed by atoms with van der Waals surface area (Å²) < 4.78 is 26.7. The normalized spacial score (nSPS) is 11.3. The highest BCUT2D eigenvalue weighted by atomic mass is 32.2. The van der Waals surface area contributed by atoms with Crippen molar-refractivity contribution >= 4 is 16.0 Å². The number of hydrogen-bond acceptors (Lipinski definition) is 4. The zero-order valence-corrected chi connectivity index (χ0v) is 13.1. The number of anilines is 1. The molecular formula is C16H16N4O2S. The van der Waals surface area contributed by atoms with Gasteiger partial charge in [-0.05, 0) is 24.1 Å². The average molecular weight is 328 g/mol. The molecule has 0 unspecified atom stereocenters. The third-order valence-electron chi connectivity index (χ3n) is 3.30. The monoisotopic (exact) mass is 328 g/mol. The lowest BCUT2D eigenvalue weighted by Crippen LogP contribution is -2.13. The average Bonchev–Trinajstić information content (AvgIpc) is 3.01. The van der Waals surface area contributed by atoms with Gasteiger partial charge in [-0.3, -0.25) is 5.10 Å². The number of aromatic amines is 1. The van der Waals surface area contributed by atoms with Crippen LogP contribution in [-0.4, -0.2) is 23.6 Å². The Morgan fingerprint density at radius 1 is 0.913 bits per heavy atom. The first-order chi connectivity index (χ1) is 11.1. The molecule has 0 fully saturated rings. The van der Waals surface area contributed by atoms with Gasteiger partial charge in [0.15, 0.2) is 0 Å². The smallest absolute Gasteiger partial charge is 0.261 e. The third-order valence-corrected chi connectivity index (χ3v) is 4.65. The maximum Gasteiger partial charge on any atom is 0.264 e. The Hall–Kier alpha value is -2.67. The van der Waals surface area contributed by atoms with Gasteiger partial charge in [0.05, 0.1) is 4.90 Å². The summed E-state index contributed by atoms with van der Waals surface area (Å²) in [5.41, 5.74) is 1.19. The summed E-state index contributed by atoms with van der Waals surface area (Å²) in [6, 6.07) is 18.1. The molecule has 0 spiro atoms. The van der Waals surface area contributed by atoms with Gasteiger partial charge < -0.3 is 0 Å². The van der Waals surface area contributed by atoms with E-state index in [1.165, 1.54) is 17.7 Å². The van der Waals surface area contributed by atoms with Crippen LogP contribution in [0, 0.1) is 0 Å². The standard InChI is InChI=1S/C16H16N4O2S/c21-23(22,14-9-5-2-6-10-14)20-16-17-15(18-19-16)12-11-13-7-3-1-4-8-13/h1-10H,11-12H2,(H2,17,18,19,20). The number of aryl methyl sites for hydroxylation is 2. The molecule has 1 aromatic heterocycles. The molecule has 0 aliphatic heterocycles. The van der Waals surface area contributed by atoms with E-state index >= 15 is 0 Å². The first-order valence-corrected chi connectivity index (χ1v) is 8.65.